The summed E-state index contributed by atoms with van der Waals surface area (Å²) >= 11 is 0. The lowest BCUT2D eigenvalue weighted by Gasteiger charge is -2.27. The van der Waals surface area contributed by atoms with E-state index in [1.807, 2.05) is 0 Å². The molecule has 0 bridgehead atoms. The average molecular weight is 677 g/mol. The van der Waals surface area contributed by atoms with Gasteiger partial charge in [0.25, 0.3) is 0 Å². The normalized spacial score (nSPS) is 12.3. The minimum Gasteiger partial charge on any atom is -0.0619 e. The van der Waals surface area contributed by atoms with Gasteiger partial charge in [-0.05, 0) is 110 Å². The molecule has 8 aromatic rings. The first-order valence-electron chi connectivity index (χ1n) is 18.8. The topological polar surface area (TPSA) is 0 Å². The van der Waals surface area contributed by atoms with Crippen LogP contribution in [0.15, 0.2) is 152 Å². The molecule has 0 fully saturated rings. The molecule has 0 atom stereocenters. The molecule has 0 unspecified atom stereocenters. The maximum atomic E-state index is 2.32. The van der Waals surface area contributed by atoms with Gasteiger partial charge in [0.15, 0.2) is 0 Å². The van der Waals surface area contributed by atoms with Crippen LogP contribution in [-0.2, 0) is 16.2 Å². The highest BCUT2D eigenvalue weighted by molar-refractivity contribution is 6.22. The Bertz CT molecular complexity index is 2390. The molecule has 8 aromatic carbocycles. The Morgan fingerprint density at radius 2 is 0.635 bits per heavy atom. The largest absolute Gasteiger partial charge is 0.0619 e. The van der Waals surface area contributed by atoms with E-state index in [0.717, 1.165) is 0 Å². The molecule has 0 amide bonds. The molecule has 0 aliphatic rings. The van der Waals surface area contributed by atoms with Gasteiger partial charge < -0.3 is 0 Å². The van der Waals surface area contributed by atoms with Crippen molar-refractivity contribution >= 4 is 43.1 Å². The van der Waals surface area contributed by atoms with Crippen molar-refractivity contribution in [3.8, 4) is 22.3 Å². The number of hydrogen-bond acceptors (Lipinski definition) is 0. The van der Waals surface area contributed by atoms with Gasteiger partial charge in [-0.2, -0.15) is 0 Å². The maximum absolute atomic E-state index is 2.32. The summed E-state index contributed by atoms with van der Waals surface area (Å²) in [5.41, 5.74) is 9.82. The van der Waals surface area contributed by atoms with Gasteiger partial charge in [0.1, 0.15) is 0 Å². The van der Waals surface area contributed by atoms with Crippen molar-refractivity contribution in [3.05, 3.63) is 168 Å². The third-order valence-corrected chi connectivity index (χ3v) is 10.5. The lowest BCUT2D eigenvalue weighted by Crippen LogP contribution is -2.13. The lowest BCUT2D eigenvalue weighted by molar-refractivity contribution is 0.591. The molecule has 0 saturated carbocycles. The van der Waals surface area contributed by atoms with Crippen LogP contribution < -0.4 is 0 Å². The van der Waals surface area contributed by atoms with Crippen LogP contribution in [0.2, 0.25) is 0 Å². The Balaban J connectivity index is 0.000000196. The average Bonchev–Trinajstić information content (AvgIpc) is 3.12. The van der Waals surface area contributed by atoms with Gasteiger partial charge in [0.05, 0.1) is 0 Å². The van der Waals surface area contributed by atoms with E-state index in [0.29, 0.717) is 0 Å². The molecule has 0 aromatic heterocycles. The van der Waals surface area contributed by atoms with Crippen molar-refractivity contribution in [3.63, 3.8) is 0 Å². The van der Waals surface area contributed by atoms with Crippen molar-refractivity contribution in [2.75, 3.05) is 0 Å². The molecule has 0 saturated heterocycles. The molecule has 0 radical (unpaired) electrons. The van der Waals surface area contributed by atoms with Gasteiger partial charge >= 0.3 is 0 Å². The van der Waals surface area contributed by atoms with Crippen LogP contribution in [-0.4, -0.2) is 0 Å². The van der Waals surface area contributed by atoms with Crippen molar-refractivity contribution in [1.29, 1.82) is 0 Å². The molecule has 0 aliphatic heterocycles. The summed E-state index contributed by atoms with van der Waals surface area (Å²) in [7, 11) is 0. The third-order valence-electron chi connectivity index (χ3n) is 10.5. The lowest BCUT2D eigenvalue weighted by atomic mass is 9.77. The van der Waals surface area contributed by atoms with E-state index in [1.54, 1.807) is 0 Å². The van der Waals surface area contributed by atoms with Gasteiger partial charge in [-0.1, -0.05) is 202 Å². The van der Waals surface area contributed by atoms with E-state index in [-0.39, 0.29) is 16.2 Å². The molecular formula is C52H52. The Morgan fingerprint density at radius 3 is 1.04 bits per heavy atom. The van der Waals surface area contributed by atoms with E-state index in [4.69, 9.17) is 0 Å². The molecule has 0 nitrogen and oxygen atoms in total. The molecule has 260 valence electrons. The van der Waals surface area contributed by atoms with Crippen LogP contribution >= 0.6 is 0 Å². The Morgan fingerprint density at radius 1 is 0.288 bits per heavy atom. The molecule has 52 heavy (non-hydrogen) atoms. The number of benzene rings is 8. The van der Waals surface area contributed by atoms with Gasteiger partial charge in [-0.25, -0.2) is 0 Å². The van der Waals surface area contributed by atoms with Crippen molar-refractivity contribution in [2.45, 2.75) is 78.6 Å². The smallest absolute Gasteiger partial charge is 0.00234 e. The zero-order valence-electron chi connectivity index (χ0n) is 32.4. The fourth-order valence-corrected chi connectivity index (χ4v) is 7.83. The molecule has 0 heteroatoms. The fourth-order valence-electron chi connectivity index (χ4n) is 7.83. The van der Waals surface area contributed by atoms with E-state index in [1.165, 1.54) is 82.0 Å². The summed E-state index contributed by atoms with van der Waals surface area (Å²) in [6, 6.07) is 55.7. The first-order chi connectivity index (χ1) is 24.7. The Labute approximate surface area is 311 Å². The summed E-state index contributed by atoms with van der Waals surface area (Å²) in [4.78, 5) is 0. The van der Waals surface area contributed by atoms with Crippen LogP contribution in [0.25, 0.3) is 65.3 Å². The van der Waals surface area contributed by atoms with Crippen LogP contribution in [0.5, 0.6) is 0 Å². The van der Waals surface area contributed by atoms with Crippen LogP contribution in [0.1, 0.15) is 79.0 Å². The highest BCUT2D eigenvalue weighted by Crippen LogP contribution is 2.47. The maximum Gasteiger partial charge on any atom is -0.00234 e. The van der Waals surface area contributed by atoms with Crippen LogP contribution in [0.3, 0.4) is 0 Å². The second-order valence-electron chi connectivity index (χ2n) is 17.4. The van der Waals surface area contributed by atoms with Crippen LogP contribution in [0, 0.1) is 0 Å². The van der Waals surface area contributed by atoms with Gasteiger partial charge in [-0.15, -0.1) is 0 Å². The van der Waals surface area contributed by atoms with Crippen LogP contribution in [0.4, 0.5) is 0 Å². The summed E-state index contributed by atoms with van der Waals surface area (Å²) in [5.74, 6) is 0. The van der Waals surface area contributed by atoms with E-state index in [9.17, 15) is 0 Å². The predicted octanol–water partition coefficient (Wildman–Crippen LogP) is 15.2. The molecule has 0 spiro atoms. The van der Waals surface area contributed by atoms with E-state index >= 15 is 0 Å². The van der Waals surface area contributed by atoms with Gasteiger partial charge in [-0.3, -0.25) is 0 Å². The molecule has 0 N–H and O–H groups in total. The molecule has 0 heterocycles. The minimum absolute atomic E-state index is 0.0519. The Kier molecular flexibility index (Phi) is 9.08. The molecule has 8 rings (SSSR count). The minimum atomic E-state index is 0.0519. The zero-order chi connectivity index (χ0) is 36.8. The number of hydrogen-bond donors (Lipinski definition) is 0. The summed E-state index contributed by atoms with van der Waals surface area (Å²) in [5, 5.41) is 10.5. The van der Waals surface area contributed by atoms with Crippen molar-refractivity contribution in [2.24, 2.45) is 0 Å². The van der Waals surface area contributed by atoms with E-state index < -0.39 is 0 Å². The highest BCUT2D eigenvalue weighted by Gasteiger charge is 2.25. The summed E-state index contributed by atoms with van der Waals surface area (Å²) in [6.45, 7) is 20.6. The van der Waals surface area contributed by atoms with Gasteiger partial charge in [0.2, 0.25) is 0 Å². The van der Waals surface area contributed by atoms with Crippen molar-refractivity contribution < 1.29 is 0 Å². The monoisotopic (exact) mass is 676 g/mol. The predicted molar refractivity (Wildman–Crippen MR) is 230 cm³/mol. The van der Waals surface area contributed by atoms with Crippen molar-refractivity contribution in [1.82, 2.24) is 0 Å². The number of rotatable bonds is 2. The third kappa shape index (κ3) is 6.75. The van der Waals surface area contributed by atoms with Gasteiger partial charge in [0, 0.05) is 0 Å². The number of fused-ring (bicyclic) bond motifs is 4. The second kappa shape index (κ2) is 13.4. The summed E-state index contributed by atoms with van der Waals surface area (Å²) in [6.07, 6.45) is 0. The standard InChI is InChI=1S/C34H34.C18H18/c1-33(2,3)29-21-13-11-19-27(29)31-23-15-7-9-17-25(23)32(26-18-10-8-16-24(26)31)28-20-12-14-22-30(28)34(4,5)6;1-18(2,3)17-9-8-15-10-13-6-4-5-7-14(13)11-16(15)12-17/h7-22H,1-6H3;4-12H,1-3H3. The fraction of sp³-hybridized carbons (Fsp3) is 0.231. The first kappa shape index (κ1) is 35.2. The second-order valence-corrected chi connectivity index (χ2v) is 17.4. The summed E-state index contributed by atoms with van der Waals surface area (Å²) < 4.78 is 0. The molecular weight excluding hydrogens is 625 g/mol. The first-order valence-corrected chi connectivity index (χ1v) is 18.8. The highest BCUT2D eigenvalue weighted by atomic mass is 14.3. The zero-order valence-corrected chi connectivity index (χ0v) is 32.4. The van der Waals surface area contributed by atoms with E-state index in [2.05, 4.69) is 214 Å². The SMILES string of the molecule is CC(C)(C)c1ccc2cc3ccccc3cc2c1.CC(C)(C)c1ccccc1-c1c2ccccc2c(-c2ccccc2C(C)(C)C)c2ccccc12. The quantitative estimate of drug-likeness (QED) is 0.160. The Hall–Kier alpha value is -5.20. The molecule has 0 aliphatic carbocycles.